The number of likely N-dealkylation sites (tertiary alicyclic amines) is 1. The third-order valence-electron chi connectivity index (χ3n) is 5.84. The minimum Gasteiger partial charge on any atom is -0.467 e. The van der Waals surface area contributed by atoms with E-state index < -0.39 is 0 Å². The van der Waals surface area contributed by atoms with Crippen molar-refractivity contribution in [3.63, 3.8) is 0 Å². The van der Waals surface area contributed by atoms with Gasteiger partial charge >= 0.3 is 0 Å². The molecule has 3 heterocycles. The molecule has 2 amide bonds. The van der Waals surface area contributed by atoms with Crippen LogP contribution in [0.4, 0.5) is 0 Å². The topological polar surface area (TPSA) is 93.3 Å². The quantitative estimate of drug-likeness (QED) is 0.792. The molecule has 0 saturated carbocycles. The number of aryl methyl sites for hydroxylation is 1. The zero-order valence-electron chi connectivity index (χ0n) is 16.6. The van der Waals surface area contributed by atoms with Crippen molar-refractivity contribution in [2.24, 2.45) is 16.8 Å². The summed E-state index contributed by atoms with van der Waals surface area (Å²) >= 11 is 0. The highest BCUT2D eigenvalue weighted by molar-refractivity contribution is 6.03. The van der Waals surface area contributed by atoms with Gasteiger partial charge in [-0.05, 0) is 37.5 Å². The van der Waals surface area contributed by atoms with Crippen molar-refractivity contribution in [2.45, 2.75) is 32.2 Å². The van der Waals surface area contributed by atoms with E-state index in [2.05, 4.69) is 5.10 Å². The Morgan fingerprint density at radius 3 is 2.76 bits per heavy atom. The van der Waals surface area contributed by atoms with Crippen LogP contribution in [0.15, 0.2) is 52.2 Å². The molecule has 3 atom stereocenters. The van der Waals surface area contributed by atoms with Gasteiger partial charge in [0.25, 0.3) is 5.91 Å². The average Bonchev–Trinajstić information content (AvgIpc) is 3.38. The summed E-state index contributed by atoms with van der Waals surface area (Å²) in [5.41, 5.74) is 8.55. The second kappa shape index (κ2) is 8.21. The van der Waals surface area contributed by atoms with E-state index in [1.807, 2.05) is 43.3 Å². The number of carbonyl (C=O) groups is 2. The summed E-state index contributed by atoms with van der Waals surface area (Å²) in [7, 11) is 0. The Bertz CT molecular complexity index is 905. The van der Waals surface area contributed by atoms with E-state index in [4.69, 9.17) is 10.2 Å². The van der Waals surface area contributed by atoms with Crippen LogP contribution in [0.1, 0.15) is 42.2 Å². The second-order valence-electron chi connectivity index (χ2n) is 8.01. The molecular weight excluding hydrogens is 368 g/mol. The first kappa shape index (κ1) is 19.4. The Labute approximate surface area is 170 Å². The number of hydrogen-bond donors (Lipinski definition) is 2. The number of benzene rings is 1. The number of carbonyl (C=O) groups excluding carboxylic acids is 2. The second-order valence-corrected chi connectivity index (χ2v) is 8.01. The normalized spacial score (nSPS) is 24.4. The number of piperidine rings is 1. The van der Waals surface area contributed by atoms with Gasteiger partial charge in [0.1, 0.15) is 11.8 Å². The van der Waals surface area contributed by atoms with Crippen LogP contribution >= 0.6 is 0 Å². The molecule has 1 unspecified atom stereocenters. The molecule has 2 aromatic rings. The van der Waals surface area contributed by atoms with Gasteiger partial charge in [-0.2, -0.15) is 5.10 Å². The molecule has 4 rings (SSSR count). The standard InChI is InChI=1S/C22H26N4O3/c1-15-6-8-16(9-7-15)18-12-19(20-5-3-11-29-20)26(24-18)21(27)14-25-10-2-4-17(13-25)22(23)28/h3,5-9,11,17,19H,2,4,10,12-14H2,1H3,(H2,23,28)/p+1/t17-,19-/m0/s1. The third-order valence-corrected chi connectivity index (χ3v) is 5.84. The first-order valence-corrected chi connectivity index (χ1v) is 10.1. The predicted octanol–water partition coefficient (Wildman–Crippen LogP) is 1.05. The summed E-state index contributed by atoms with van der Waals surface area (Å²) in [5, 5.41) is 6.24. The van der Waals surface area contributed by atoms with Crippen LogP contribution in [0.5, 0.6) is 0 Å². The number of rotatable bonds is 5. The number of quaternary nitrogens is 1. The number of furan rings is 1. The van der Waals surface area contributed by atoms with E-state index in [1.54, 1.807) is 11.3 Å². The molecule has 0 radical (unpaired) electrons. The van der Waals surface area contributed by atoms with E-state index in [-0.39, 0.29) is 23.8 Å². The maximum atomic E-state index is 13.2. The minimum atomic E-state index is -0.274. The van der Waals surface area contributed by atoms with Gasteiger partial charge in [-0.1, -0.05) is 29.8 Å². The molecule has 1 fully saturated rings. The van der Waals surface area contributed by atoms with Gasteiger partial charge in [0, 0.05) is 6.42 Å². The molecule has 1 aromatic carbocycles. The Kier molecular flexibility index (Phi) is 5.49. The SMILES string of the molecule is Cc1ccc(C2=NN(C(=O)C[NH+]3CCC[C@H](C(N)=O)C3)[C@H](c3ccco3)C2)cc1. The minimum absolute atomic E-state index is 0.0615. The summed E-state index contributed by atoms with van der Waals surface area (Å²) in [6.45, 7) is 3.81. The fourth-order valence-electron chi connectivity index (χ4n) is 4.21. The molecule has 1 aromatic heterocycles. The number of hydrazone groups is 1. The maximum Gasteiger partial charge on any atom is 0.298 e. The van der Waals surface area contributed by atoms with E-state index in [1.165, 1.54) is 5.56 Å². The number of amides is 2. The zero-order valence-corrected chi connectivity index (χ0v) is 16.6. The molecule has 7 nitrogen and oxygen atoms in total. The predicted molar refractivity (Wildman–Crippen MR) is 108 cm³/mol. The highest BCUT2D eigenvalue weighted by atomic mass is 16.3. The Morgan fingerprint density at radius 2 is 2.07 bits per heavy atom. The Hall–Kier alpha value is -2.93. The lowest BCUT2D eigenvalue weighted by Crippen LogP contribution is -3.14. The van der Waals surface area contributed by atoms with Crippen molar-refractivity contribution < 1.29 is 18.9 Å². The van der Waals surface area contributed by atoms with Gasteiger partial charge in [0.05, 0.1) is 31.0 Å². The van der Waals surface area contributed by atoms with Crippen molar-refractivity contribution in [1.82, 2.24) is 5.01 Å². The van der Waals surface area contributed by atoms with Crippen molar-refractivity contribution in [1.29, 1.82) is 0 Å². The Balaban J connectivity index is 1.53. The van der Waals surface area contributed by atoms with E-state index in [0.717, 1.165) is 41.3 Å². The van der Waals surface area contributed by atoms with Gasteiger partial charge in [-0.3, -0.25) is 9.59 Å². The fourth-order valence-corrected chi connectivity index (χ4v) is 4.21. The average molecular weight is 395 g/mol. The molecule has 1 saturated heterocycles. The monoisotopic (exact) mass is 395 g/mol. The van der Waals surface area contributed by atoms with E-state index in [9.17, 15) is 9.59 Å². The van der Waals surface area contributed by atoms with Crippen molar-refractivity contribution >= 4 is 17.5 Å². The molecule has 0 aliphatic carbocycles. The van der Waals surface area contributed by atoms with Gasteiger partial charge in [-0.25, -0.2) is 5.01 Å². The van der Waals surface area contributed by atoms with E-state index >= 15 is 0 Å². The third kappa shape index (κ3) is 4.24. The number of nitrogens with one attached hydrogen (secondary N) is 1. The van der Waals surface area contributed by atoms with Gasteiger partial charge < -0.3 is 15.1 Å². The number of primary amides is 1. The highest BCUT2D eigenvalue weighted by Crippen LogP contribution is 2.32. The molecule has 2 aliphatic rings. The summed E-state index contributed by atoms with van der Waals surface area (Å²) in [4.78, 5) is 25.8. The van der Waals surface area contributed by atoms with Crippen LogP contribution in [0.3, 0.4) is 0 Å². The van der Waals surface area contributed by atoms with Crippen LogP contribution in [0.25, 0.3) is 0 Å². The first-order chi connectivity index (χ1) is 14.0. The molecule has 7 heteroatoms. The summed E-state index contributed by atoms with van der Waals surface area (Å²) < 4.78 is 5.60. The van der Waals surface area contributed by atoms with Crippen molar-refractivity contribution in [2.75, 3.05) is 19.6 Å². The summed E-state index contributed by atoms with van der Waals surface area (Å²) in [6, 6.07) is 11.6. The van der Waals surface area contributed by atoms with Crippen LogP contribution < -0.4 is 10.6 Å². The van der Waals surface area contributed by atoms with Gasteiger partial charge in [-0.15, -0.1) is 0 Å². The lowest BCUT2D eigenvalue weighted by Gasteiger charge is -2.29. The van der Waals surface area contributed by atoms with Crippen molar-refractivity contribution in [3.05, 3.63) is 59.5 Å². The van der Waals surface area contributed by atoms with Crippen LogP contribution in [-0.4, -0.2) is 42.2 Å². The number of nitrogens with zero attached hydrogens (tertiary/aromatic N) is 2. The van der Waals surface area contributed by atoms with Crippen molar-refractivity contribution in [3.8, 4) is 0 Å². The largest absolute Gasteiger partial charge is 0.467 e. The molecule has 3 N–H and O–H groups in total. The van der Waals surface area contributed by atoms with E-state index in [0.29, 0.717) is 19.5 Å². The first-order valence-electron chi connectivity index (χ1n) is 10.1. The Morgan fingerprint density at radius 1 is 1.28 bits per heavy atom. The molecule has 0 spiro atoms. The van der Waals surface area contributed by atoms with Crippen LogP contribution in [-0.2, 0) is 9.59 Å². The molecule has 152 valence electrons. The van der Waals surface area contributed by atoms with Gasteiger partial charge in [0.15, 0.2) is 6.54 Å². The number of nitrogens with two attached hydrogens (primary N) is 1. The summed E-state index contributed by atoms with van der Waals surface area (Å²) in [6.07, 6.45) is 3.94. The highest BCUT2D eigenvalue weighted by Gasteiger charge is 2.37. The number of hydrogen-bond acceptors (Lipinski definition) is 4. The molecule has 0 bridgehead atoms. The lowest BCUT2D eigenvalue weighted by molar-refractivity contribution is -0.899. The molecule has 29 heavy (non-hydrogen) atoms. The molecular formula is C22H27N4O3+. The lowest BCUT2D eigenvalue weighted by atomic mass is 9.97. The molecule has 2 aliphatic heterocycles. The van der Waals surface area contributed by atoms with Gasteiger partial charge in [0.2, 0.25) is 5.91 Å². The summed E-state index contributed by atoms with van der Waals surface area (Å²) in [5.74, 6) is 0.239. The van der Waals surface area contributed by atoms with Crippen LogP contribution in [0.2, 0.25) is 0 Å². The zero-order chi connectivity index (χ0) is 20.4. The maximum absolute atomic E-state index is 13.2. The fraction of sp³-hybridized carbons (Fsp3) is 0.409. The smallest absolute Gasteiger partial charge is 0.298 e. The van der Waals surface area contributed by atoms with Crippen LogP contribution in [0, 0.1) is 12.8 Å².